The molecule has 1 aliphatic carbocycles. The third kappa shape index (κ3) is 3.33. The Labute approximate surface area is 103 Å². The number of carbonyl (C=O) groups is 1. The molecular weight excluding hydrogens is 240 g/mol. The summed E-state index contributed by atoms with van der Waals surface area (Å²) in [6.07, 6.45) is 4.04. The van der Waals surface area contributed by atoms with Gasteiger partial charge in [0.1, 0.15) is 0 Å². The van der Waals surface area contributed by atoms with Gasteiger partial charge in [0.2, 0.25) is 0 Å². The highest BCUT2D eigenvalue weighted by Crippen LogP contribution is 2.46. The van der Waals surface area contributed by atoms with Crippen LogP contribution in [0.4, 0.5) is 0 Å². The smallest absolute Gasteiger partial charge is 0.313 e. The molecule has 5 nitrogen and oxygen atoms in total. The molecule has 0 aromatic carbocycles. The van der Waals surface area contributed by atoms with Crippen LogP contribution < -0.4 is 5.56 Å². The zero-order valence-corrected chi connectivity index (χ0v) is 10.4. The lowest BCUT2D eigenvalue weighted by Crippen LogP contribution is -2.17. The molecule has 1 aromatic heterocycles. The van der Waals surface area contributed by atoms with Crippen LogP contribution in [0.2, 0.25) is 0 Å². The van der Waals surface area contributed by atoms with Gasteiger partial charge in [-0.2, -0.15) is 4.98 Å². The predicted molar refractivity (Wildman–Crippen MR) is 64.2 cm³/mol. The lowest BCUT2D eigenvalue weighted by atomic mass is 10.1. The van der Waals surface area contributed by atoms with Gasteiger partial charge in [-0.3, -0.25) is 9.59 Å². The summed E-state index contributed by atoms with van der Waals surface area (Å²) in [5, 5.41) is 9.14. The summed E-state index contributed by atoms with van der Waals surface area (Å²) in [4.78, 5) is 25.6. The summed E-state index contributed by atoms with van der Waals surface area (Å²) in [6, 6.07) is 1.41. The Morgan fingerprint density at radius 2 is 2.35 bits per heavy atom. The largest absolute Gasteiger partial charge is 0.481 e. The molecule has 1 fully saturated rings. The Balaban J connectivity index is 2.17. The van der Waals surface area contributed by atoms with Crippen molar-refractivity contribution in [3.8, 4) is 0 Å². The number of carboxylic acids is 1. The molecule has 1 aliphatic rings. The van der Waals surface area contributed by atoms with Gasteiger partial charge < -0.3 is 9.67 Å². The highest BCUT2D eigenvalue weighted by molar-refractivity contribution is 7.99. The molecule has 92 valence electrons. The Morgan fingerprint density at radius 3 is 2.94 bits per heavy atom. The summed E-state index contributed by atoms with van der Waals surface area (Å²) in [7, 11) is 0. The maximum absolute atomic E-state index is 11.2. The zero-order valence-electron chi connectivity index (χ0n) is 9.55. The number of rotatable bonds is 5. The van der Waals surface area contributed by atoms with Gasteiger partial charge in [0, 0.05) is 18.8 Å². The van der Waals surface area contributed by atoms with Crippen LogP contribution in [0.5, 0.6) is 0 Å². The molecule has 0 atom stereocenters. The molecule has 2 rings (SSSR count). The van der Waals surface area contributed by atoms with Crippen LogP contribution in [0.3, 0.4) is 0 Å². The molecule has 0 amide bonds. The van der Waals surface area contributed by atoms with Gasteiger partial charge in [0.15, 0.2) is 5.16 Å². The SMILES string of the molecule is CC1(Cn2ccc(=O)nc2SCC(=O)O)CC1. The van der Waals surface area contributed by atoms with Crippen LogP contribution >= 0.6 is 11.8 Å². The number of hydrogen-bond donors (Lipinski definition) is 1. The molecule has 0 saturated heterocycles. The summed E-state index contributed by atoms with van der Waals surface area (Å²) < 4.78 is 1.88. The van der Waals surface area contributed by atoms with E-state index in [1.807, 2.05) is 4.57 Å². The standard InChI is InChI=1S/C11H14N2O3S/c1-11(3-4-11)7-13-5-2-8(14)12-10(13)17-6-9(15)16/h2,5H,3-4,6-7H2,1H3,(H,15,16). The molecule has 17 heavy (non-hydrogen) atoms. The van der Waals surface area contributed by atoms with Gasteiger partial charge in [-0.15, -0.1) is 0 Å². The highest BCUT2D eigenvalue weighted by atomic mass is 32.2. The fourth-order valence-corrected chi connectivity index (χ4v) is 2.26. The van der Waals surface area contributed by atoms with Crippen molar-refractivity contribution in [3.63, 3.8) is 0 Å². The lowest BCUT2D eigenvalue weighted by molar-refractivity contribution is -0.133. The summed E-state index contributed by atoms with van der Waals surface area (Å²) >= 11 is 1.09. The van der Waals surface area contributed by atoms with Gasteiger partial charge in [-0.1, -0.05) is 18.7 Å². The van der Waals surface area contributed by atoms with Gasteiger partial charge in [0.05, 0.1) is 5.75 Å². The first-order valence-corrected chi connectivity index (χ1v) is 6.39. The second kappa shape index (κ2) is 4.52. The first kappa shape index (κ1) is 12.2. The zero-order chi connectivity index (χ0) is 12.5. The minimum absolute atomic E-state index is 0.0762. The molecule has 0 bridgehead atoms. The first-order chi connectivity index (χ1) is 7.98. The van der Waals surface area contributed by atoms with Crippen LogP contribution in [0, 0.1) is 5.41 Å². The van der Waals surface area contributed by atoms with Crippen molar-refractivity contribution in [1.29, 1.82) is 0 Å². The monoisotopic (exact) mass is 254 g/mol. The van der Waals surface area contributed by atoms with Gasteiger partial charge >= 0.3 is 5.97 Å². The maximum atomic E-state index is 11.2. The van der Waals surface area contributed by atoms with Crippen molar-refractivity contribution in [2.45, 2.75) is 31.5 Å². The molecule has 0 aliphatic heterocycles. The van der Waals surface area contributed by atoms with Crippen LogP contribution in [0.15, 0.2) is 22.2 Å². The molecule has 1 saturated carbocycles. The van der Waals surface area contributed by atoms with Crippen molar-refractivity contribution >= 4 is 17.7 Å². The van der Waals surface area contributed by atoms with Crippen molar-refractivity contribution in [2.75, 3.05) is 5.75 Å². The minimum Gasteiger partial charge on any atom is -0.481 e. The van der Waals surface area contributed by atoms with E-state index >= 15 is 0 Å². The molecule has 1 heterocycles. The number of nitrogens with zero attached hydrogens (tertiary/aromatic N) is 2. The van der Waals surface area contributed by atoms with E-state index in [4.69, 9.17) is 5.11 Å². The number of hydrogen-bond acceptors (Lipinski definition) is 4. The molecule has 0 radical (unpaired) electrons. The second-order valence-corrected chi connectivity index (χ2v) is 5.61. The molecular formula is C11H14N2O3S. The Kier molecular flexibility index (Phi) is 3.24. The fraction of sp³-hybridized carbons (Fsp3) is 0.545. The molecule has 0 unspecified atom stereocenters. The van der Waals surface area contributed by atoms with Gasteiger partial charge in [0.25, 0.3) is 5.56 Å². The first-order valence-electron chi connectivity index (χ1n) is 5.41. The van der Waals surface area contributed by atoms with Crippen LogP contribution in [0.25, 0.3) is 0 Å². The van der Waals surface area contributed by atoms with Crippen molar-refractivity contribution in [3.05, 3.63) is 22.6 Å². The number of aromatic nitrogens is 2. The van der Waals surface area contributed by atoms with Crippen molar-refractivity contribution in [2.24, 2.45) is 5.41 Å². The van der Waals surface area contributed by atoms with Crippen LogP contribution in [0.1, 0.15) is 19.8 Å². The molecule has 1 aromatic rings. The Bertz CT molecular complexity index is 494. The van der Waals surface area contributed by atoms with E-state index in [0.717, 1.165) is 18.3 Å². The van der Waals surface area contributed by atoms with E-state index < -0.39 is 5.97 Å². The topological polar surface area (TPSA) is 72.2 Å². The fourth-order valence-electron chi connectivity index (χ4n) is 1.56. The van der Waals surface area contributed by atoms with E-state index in [2.05, 4.69) is 11.9 Å². The van der Waals surface area contributed by atoms with E-state index in [0.29, 0.717) is 5.16 Å². The van der Waals surface area contributed by atoms with E-state index in [1.54, 1.807) is 6.20 Å². The molecule has 0 spiro atoms. The normalized spacial score (nSPS) is 16.8. The summed E-state index contributed by atoms with van der Waals surface area (Å²) in [6.45, 7) is 2.97. The van der Waals surface area contributed by atoms with E-state index in [9.17, 15) is 9.59 Å². The van der Waals surface area contributed by atoms with Crippen molar-refractivity contribution in [1.82, 2.24) is 9.55 Å². The van der Waals surface area contributed by atoms with Gasteiger partial charge in [-0.05, 0) is 18.3 Å². The predicted octanol–water partition coefficient (Wildman–Crippen LogP) is 1.22. The Morgan fingerprint density at radius 1 is 1.65 bits per heavy atom. The number of carboxylic acid groups (broad SMARTS) is 1. The van der Waals surface area contributed by atoms with E-state index in [-0.39, 0.29) is 16.7 Å². The highest BCUT2D eigenvalue weighted by Gasteiger charge is 2.37. The van der Waals surface area contributed by atoms with Crippen LogP contribution in [-0.2, 0) is 11.3 Å². The van der Waals surface area contributed by atoms with Crippen LogP contribution in [-0.4, -0.2) is 26.4 Å². The van der Waals surface area contributed by atoms with Crippen molar-refractivity contribution < 1.29 is 9.90 Å². The molecule has 6 heteroatoms. The molecule has 1 N–H and O–H groups in total. The maximum Gasteiger partial charge on any atom is 0.313 e. The second-order valence-electron chi connectivity index (χ2n) is 4.67. The van der Waals surface area contributed by atoms with Gasteiger partial charge in [-0.25, -0.2) is 0 Å². The summed E-state index contributed by atoms with van der Waals surface area (Å²) in [5.41, 5.74) is -0.0370. The summed E-state index contributed by atoms with van der Waals surface area (Å²) in [5.74, 6) is -0.982. The Hall–Kier alpha value is -1.30. The minimum atomic E-state index is -0.905. The quantitative estimate of drug-likeness (QED) is 0.632. The third-order valence-electron chi connectivity index (χ3n) is 2.83. The van der Waals surface area contributed by atoms with E-state index in [1.165, 1.54) is 18.9 Å². The number of thioether (sulfide) groups is 1. The third-order valence-corrected chi connectivity index (χ3v) is 3.80. The number of aliphatic carboxylic acids is 1. The average Bonchev–Trinajstić information content (AvgIpc) is 2.97. The average molecular weight is 254 g/mol. The lowest BCUT2D eigenvalue weighted by Gasteiger charge is -2.14.